The molecule has 21 heavy (non-hydrogen) atoms. The Balaban J connectivity index is 2.61. The van der Waals surface area contributed by atoms with Crippen LogP contribution in [0.15, 0.2) is 18.2 Å². The molecular formula is C16H22ClFN2O. The molecule has 5 heteroatoms. The molecule has 2 atom stereocenters. The Morgan fingerprint density at radius 2 is 2.05 bits per heavy atom. The van der Waals surface area contributed by atoms with Crippen molar-refractivity contribution >= 4 is 22.6 Å². The van der Waals surface area contributed by atoms with Crippen LogP contribution in [0.1, 0.15) is 44.9 Å². The third-order valence-electron chi connectivity index (χ3n) is 3.63. The molecule has 1 aromatic carbocycles. The molecule has 0 saturated carbocycles. The van der Waals surface area contributed by atoms with E-state index < -0.39 is 0 Å². The molecule has 0 aliphatic carbocycles. The lowest BCUT2D eigenvalue weighted by atomic mass is 10.0. The predicted molar refractivity (Wildman–Crippen MR) is 84.3 cm³/mol. The summed E-state index contributed by atoms with van der Waals surface area (Å²) in [5.74, 6) is 0.818. The minimum atomic E-state index is -0.267. The minimum Gasteiger partial charge on any atom is -0.380 e. The maximum absolute atomic E-state index is 13.6. The molecule has 116 valence electrons. The molecule has 0 radical (unpaired) electrons. The molecule has 0 spiro atoms. The van der Waals surface area contributed by atoms with Crippen LogP contribution in [-0.4, -0.2) is 22.8 Å². The van der Waals surface area contributed by atoms with Gasteiger partial charge in [0.15, 0.2) is 0 Å². The molecule has 1 aromatic heterocycles. The normalized spacial score (nSPS) is 14.8. The lowest BCUT2D eigenvalue weighted by molar-refractivity contribution is 0.0968. The van der Waals surface area contributed by atoms with Gasteiger partial charge in [-0.15, -0.1) is 11.6 Å². The molecule has 2 rings (SSSR count). The molecular weight excluding hydrogens is 291 g/mol. The average molecular weight is 313 g/mol. The number of imidazole rings is 1. The van der Waals surface area contributed by atoms with E-state index in [0.717, 1.165) is 16.9 Å². The summed E-state index contributed by atoms with van der Waals surface area (Å²) in [5.41, 5.74) is 1.54. The van der Waals surface area contributed by atoms with Crippen LogP contribution in [0.5, 0.6) is 0 Å². The Labute approximate surface area is 130 Å². The Hall–Kier alpha value is -1.13. The van der Waals surface area contributed by atoms with E-state index in [2.05, 4.69) is 18.8 Å². The van der Waals surface area contributed by atoms with E-state index in [0.29, 0.717) is 19.1 Å². The van der Waals surface area contributed by atoms with Gasteiger partial charge in [-0.25, -0.2) is 9.37 Å². The van der Waals surface area contributed by atoms with E-state index in [-0.39, 0.29) is 17.2 Å². The number of rotatable bonds is 6. The van der Waals surface area contributed by atoms with E-state index in [1.807, 2.05) is 18.4 Å². The predicted octanol–water partition coefficient (Wildman–Crippen LogP) is 4.71. The van der Waals surface area contributed by atoms with E-state index in [1.165, 1.54) is 12.1 Å². The van der Waals surface area contributed by atoms with Gasteiger partial charge in [-0.2, -0.15) is 0 Å². The van der Waals surface area contributed by atoms with Crippen molar-refractivity contribution in [3.8, 4) is 0 Å². The van der Waals surface area contributed by atoms with Crippen LogP contribution in [0.4, 0.5) is 4.39 Å². The molecule has 2 aromatic rings. The molecule has 3 nitrogen and oxygen atoms in total. The summed E-state index contributed by atoms with van der Waals surface area (Å²) in [5, 5.41) is -0.247. The quantitative estimate of drug-likeness (QED) is 0.722. The maximum Gasteiger partial charge on any atom is 0.128 e. The smallest absolute Gasteiger partial charge is 0.128 e. The zero-order chi connectivity index (χ0) is 15.6. The van der Waals surface area contributed by atoms with Gasteiger partial charge >= 0.3 is 0 Å². The van der Waals surface area contributed by atoms with Gasteiger partial charge in [-0.1, -0.05) is 13.8 Å². The number of alkyl halides is 1. The summed E-state index contributed by atoms with van der Waals surface area (Å²) < 4.78 is 21.3. The fourth-order valence-electron chi connectivity index (χ4n) is 2.52. The van der Waals surface area contributed by atoms with Crippen molar-refractivity contribution in [2.45, 2.75) is 39.1 Å². The number of fused-ring (bicyclic) bond motifs is 1. The molecule has 0 amide bonds. The first-order valence-corrected chi connectivity index (χ1v) is 7.78. The fraction of sp³-hybridized carbons (Fsp3) is 0.562. The second-order valence-corrected chi connectivity index (χ2v) is 6.21. The number of nitrogens with zero attached hydrogens (tertiary/aromatic N) is 2. The summed E-state index contributed by atoms with van der Waals surface area (Å²) in [4.78, 5) is 4.57. The Morgan fingerprint density at radius 1 is 1.33 bits per heavy atom. The van der Waals surface area contributed by atoms with Gasteiger partial charge in [0.05, 0.1) is 29.1 Å². The molecule has 1 heterocycles. The SMILES string of the molecule is CCOCC(C(C)C)n1c(C(C)Cl)nc2ccc(F)cc21. The van der Waals surface area contributed by atoms with Gasteiger partial charge in [-0.3, -0.25) is 0 Å². The molecule has 0 aliphatic heterocycles. The summed E-state index contributed by atoms with van der Waals surface area (Å²) in [6.07, 6.45) is 0. The largest absolute Gasteiger partial charge is 0.380 e. The summed E-state index contributed by atoms with van der Waals surface area (Å²) in [6, 6.07) is 4.72. The van der Waals surface area contributed by atoms with Gasteiger partial charge in [0.1, 0.15) is 11.6 Å². The number of halogens is 2. The fourth-order valence-corrected chi connectivity index (χ4v) is 2.67. The number of benzene rings is 1. The van der Waals surface area contributed by atoms with Gasteiger partial charge in [-0.05, 0) is 38.0 Å². The van der Waals surface area contributed by atoms with Crippen molar-refractivity contribution in [2.24, 2.45) is 5.92 Å². The Kier molecular flexibility index (Phi) is 5.22. The Bertz CT molecular complexity index is 610. The van der Waals surface area contributed by atoms with Crippen LogP contribution in [-0.2, 0) is 4.74 Å². The van der Waals surface area contributed by atoms with Crippen molar-refractivity contribution in [1.29, 1.82) is 0 Å². The zero-order valence-electron chi connectivity index (χ0n) is 12.9. The molecule has 2 unspecified atom stereocenters. The second kappa shape index (κ2) is 6.75. The van der Waals surface area contributed by atoms with Gasteiger partial charge in [0.25, 0.3) is 0 Å². The third kappa shape index (κ3) is 3.38. The number of hydrogen-bond donors (Lipinski definition) is 0. The van der Waals surface area contributed by atoms with Gasteiger partial charge < -0.3 is 9.30 Å². The third-order valence-corrected chi connectivity index (χ3v) is 3.82. The second-order valence-electron chi connectivity index (χ2n) is 5.56. The van der Waals surface area contributed by atoms with Crippen molar-refractivity contribution in [1.82, 2.24) is 9.55 Å². The highest BCUT2D eigenvalue weighted by Crippen LogP contribution is 2.31. The lowest BCUT2D eigenvalue weighted by Crippen LogP contribution is -2.23. The highest BCUT2D eigenvalue weighted by atomic mass is 35.5. The van der Waals surface area contributed by atoms with Crippen LogP contribution in [0, 0.1) is 11.7 Å². The van der Waals surface area contributed by atoms with Crippen LogP contribution < -0.4 is 0 Å². The van der Waals surface area contributed by atoms with E-state index in [4.69, 9.17) is 16.3 Å². The number of hydrogen-bond acceptors (Lipinski definition) is 2. The monoisotopic (exact) mass is 312 g/mol. The number of ether oxygens (including phenoxy) is 1. The van der Waals surface area contributed by atoms with Crippen molar-refractivity contribution in [3.05, 3.63) is 29.8 Å². The highest BCUT2D eigenvalue weighted by Gasteiger charge is 2.24. The summed E-state index contributed by atoms with van der Waals surface area (Å²) in [7, 11) is 0. The van der Waals surface area contributed by atoms with E-state index in [9.17, 15) is 4.39 Å². The highest BCUT2D eigenvalue weighted by molar-refractivity contribution is 6.20. The first kappa shape index (κ1) is 16.2. The molecule has 0 bridgehead atoms. The van der Waals surface area contributed by atoms with Crippen LogP contribution in [0.2, 0.25) is 0 Å². The first-order chi connectivity index (χ1) is 9.95. The zero-order valence-corrected chi connectivity index (χ0v) is 13.7. The topological polar surface area (TPSA) is 27.1 Å². The number of aromatic nitrogens is 2. The standard InChI is InChI=1S/C16H22ClFN2O/c1-5-21-9-15(10(2)3)20-14-8-12(18)6-7-13(14)19-16(20)11(4)17/h6-8,10-11,15H,5,9H2,1-4H3. The van der Waals surface area contributed by atoms with E-state index >= 15 is 0 Å². The summed E-state index contributed by atoms with van der Waals surface area (Å²) in [6.45, 7) is 9.31. The van der Waals surface area contributed by atoms with Crippen LogP contribution in [0.3, 0.4) is 0 Å². The minimum absolute atomic E-state index is 0.0768. The van der Waals surface area contributed by atoms with Crippen molar-refractivity contribution < 1.29 is 9.13 Å². The van der Waals surface area contributed by atoms with Crippen LogP contribution >= 0.6 is 11.6 Å². The van der Waals surface area contributed by atoms with E-state index in [1.54, 1.807) is 6.07 Å². The Morgan fingerprint density at radius 3 is 2.62 bits per heavy atom. The van der Waals surface area contributed by atoms with Gasteiger partial charge in [0.2, 0.25) is 0 Å². The molecule has 0 aliphatic rings. The van der Waals surface area contributed by atoms with Crippen LogP contribution in [0.25, 0.3) is 11.0 Å². The van der Waals surface area contributed by atoms with Gasteiger partial charge in [0, 0.05) is 6.61 Å². The first-order valence-electron chi connectivity index (χ1n) is 7.34. The molecule has 0 fully saturated rings. The lowest BCUT2D eigenvalue weighted by Gasteiger charge is -2.25. The molecule has 0 saturated heterocycles. The maximum atomic E-state index is 13.6. The van der Waals surface area contributed by atoms with Crippen molar-refractivity contribution in [3.63, 3.8) is 0 Å². The molecule has 0 N–H and O–H groups in total. The average Bonchev–Trinajstić information content (AvgIpc) is 2.78. The van der Waals surface area contributed by atoms with Crippen molar-refractivity contribution in [2.75, 3.05) is 13.2 Å². The summed E-state index contributed by atoms with van der Waals surface area (Å²) >= 11 is 6.28.